The van der Waals surface area contributed by atoms with Gasteiger partial charge in [-0.1, -0.05) is 30.3 Å². The van der Waals surface area contributed by atoms with Crippen LogP contribution in [0.1, 0.15) is 11.1 Å². The first-order valence-corrected chi connectivity index (χ1v) is 6.07. The zero-order valence-corrected chi connectivity index (χ0v) is 11.9. The molecule has 1 amide bonds. The van der Waals surface area contributed by atoms with Crippen molar-refractivity contribution in [3.63, 3.8) is 0 Å². The summed E-state index contributed by atoms with van der Waals surface area (Å²) in [6.07, 6.45) is 5.33. The number of hydrogen-bond donors (Lipinski definition) is 1. The number of pyridine rings is 1. The lowest BCUT2D eigenvalue weighted by molar-refractivity contribution is -0.684. The van der Waals surface area contributed by atoms with Crippen molar-refractivity contribution < 1.29 is 21.8 Å². The molecule has 0 saturated carbocycles. The maximum absolute atomic E-state index is 11.6. The van der Waals surface area contributed by atoms with Gasteiger partial charge in [-0.3, -0.25) is 4.79 Å². The predicted molar refractivity (Wildman–Crippen MR) is 73.6 cm³/mol. The fourth-order valence-electron chi connectivity index (χ4n) is 1.65. The van der Waals surface area contributed by atoms with Crippen LogP contribution in [0.25, 0.3) is 0 Å². The molecule has 0 fully saturated rings. The van der Waals surface area contributed by atoms with Crippen molar-refractivity contribution in [1.82, 2.24) is 5.43 Å². The Bertz CT molecular complexity index is 585. The lowest BCUT2D eigenvalue weighted by atomic mass is 10.1. The Morgan fingerprint density at radius 2 is 1.90 bits per heavy atom. The Labute approximate surface area is 124 Å². The summed E-state index contributed by atoms with van der Waals surface area (Å²) in [5, 5.41) is 3.96. The molecule has 0 aliphatic carbocycles. The molecule has 1 heterocycles. The number of rotatable bonds is 4. The molecule has 0 spiro atoms. The SMILES string of the molecule is Cc1ccccc1/C=N/NC(=O)C[n+]1ccccc1.[Cl-]. The minimum Gasteiger partial charge on any atom is -1.00 e. The third-order valence-electron chi connectivity index (χ3n) is 2.68. The van der Waals surface area contributed by atoms with E-state index in [1.165, 1.54) is 0 Å². The summed E-state index contributed by atoms with van der Waals surface area (Å²) in [5.74, 6) is -0.152. The molecule has 4 nitrogen and oxygen atoms in total. The maximum atomic E-state index is 11.6. The second-order valence-electron chi connectivity index (χ2n) is 4.20. The van der Waals surface area contributed by atoms with Gasteiger partial charge in [0.15, 0.2) is 12.4 Å². The van der Waals surface area contributed by atoms with Crippen LogP contribution in [0.5, 0.6) is 0 Å². The first-order valence-electron chi connectivity index (χ1n) is 6.07. The molecule has 1 aromatic carbocycles. The average molecular weight is 290 g/mol. The third kappa shape index (κ3) is 4.82. The van der Waals surface area contributed by atoms with E-state index < -0.39 is 0 Å². The van der Waals surface area contributed by atoms with E-state index in [9.17, 15) is 4.79 Å². The van der Waals surface area contributed by atoms with Crippen molar-refractivity contribution in [1.29, 1.82) is 0 Å². The monoisotopic (exact) mass is 289 g/mol. The van der Waals surface area contributed by atoms with E-state index in [0.717, 1.165) is 11.1 Å². The molecule has 0 aliphatic heterocycles. The van der Waals surface area contributed by atoms with Gasteiger partial charge in [-0.05, 0) is 18.1 Å². The van der Waals surface area contributed by atoms with Crippen LogP contribution < -0.4 is 22.4 Å². The number of nitrogens with zero attached hydrogens (tertiary/aromatic N) is 2. The zero-order valence-electron chi connectivity index (χ0n) is 11.2. The quantitative estimate of drug-likeness (QED) is 0.413. The standard InChI is InChI=1S/C15H15N3O.ClH/c1-13-7-3-4-8-14(13)11-16-17-15(19)12-18-9-5-2-6-10-18;/h2-11H,12H2,1H3;1H/b16-11+;. The molecule has 2 aromatic rings. The van der Waals surface area contributed by atoms with E-state index in [4.69, 9.17) is 0 Å². The minimum atomic E-state index is -0.152. The van der Waals surface area contributed by atoms with Crippen LogP contribution in [0, 0.1) is 6.92 Å². The summed E-state index contributed by atoms with van der Waals surface area (Å²) in [4.78, 5) is 11.6. The molecule has 0 radical (unpaired) electrons. The number of halogens is 1. The van der Waals surface area contributed by atoms with E-state index in [-0.39, 0.29) is 24.9 Å². The topological polar surface area (TPSA) is 45.3 Å². The molecule has 1 N–H and O–H groups in total. The van der Waals surface area contributed by atoms with E-state index in [1.807, 2.05) is 61.8 Å². The largest absolute Gasteiger partial charge is 1.00 e. The van der Waals surface area contributed by atoms with Crippen molar-refractivity contribution in [2.75, 3.05) is 0 Å². The minimum absolute atomic E-state index is 0. The van der Waals surface area contributed by atoms with Crippen LogP contribution in [0.3, 0.4) is 0 Å². The Morgan fingerprint density at radius 3 is 2.60 bits per heavy atom. The molecule has 104 valence electrons. The van der Waals surface area contributed by atoms with Crippen LogP contribution >= 0.6 is 0 Å². The van der Waals surface area contributed by atoms with Crippen molar-refractivity contribution in [2.45, 2.75) is 13.5 Å². The average Bonchev–Trinajstić information content (AvgIpc) is 2.42. The van der Waals surface area contributed by atoms with Crippen molar-refractivity contribution >= 4 is 12.1 Å². The summed E-state index contributed by atoms with van der Waals surface area (Å²) in [6.45, 7) is 2.26. The van der Waals surface area contributed by atoms with Gasteiger partial charge < -0.3 is 12.4 Å². The number of aromatic nitrogens is 1. The van der Waals surface area contributed by atoms with Gasteiger partial charge in [0.2, 0.25) is 6.54 Å². The second kappa shape index (κ2) is 8.07. The van der Waals surface area contributed by atoms with Gasteiger partial charge in [0.1, 0.15) is 0 Å². The molecule has 0 bridgehead atoms. The van der Waals surface area contributed by atoms with E-state index in [1.54, 1.807) is 10.8 Å². The maximum Gasteiger partial charge on any atom is 0.305 e. The van der Waals surface area contributed by atoms with E-state index in [0.29, 0.717) is 0 Å². The normalized spacial score (nSPS) is 10.1. The number of hydrogen-bond acceptors (Lipinski definition) is 2. The van der Waals surface area contributed by atoms with Crippen LogP contribution in [0.4, 0.5) is 0 Å². The molecule has 0 atom stereocenters. The van der Waals surface area contributed by atoms with Gasteiger partial charge in [0.05, 0.1) is 6.21 Å². The molecule has 2 rings (SSSR count). The fraction of sp³-hybridized carbons (Fsp3) is 0.133. The summed E-state index contributed by atoms with van der Waals surface area (Å²) in [5.41, 5.74) is 4.64. The Morgan fingerprint density at radius 1 is 1.20 bits per heavy atom. The first kappa shape index (κ1) is 15.9. The molecule has 5 heteroatoms. The molecule has 0 unspecified atom stereocenters. The summed E-state index contributed by atoms with van der Waals surface area (Å²) >= 11 is 0. The zero-order chi connectivity index (χ0) is 13.5. The van der Waals surface area contributed by atoms with Crippen LogP contribution in [0.15, 0.2) is 60.0 Å². The number of nitrogens with one attached hydrogen (secondary N) is 1. The Kier molecular flexibility index (Phi) is 6.40. The lowest BCUT2D eigenvalue weighted by Gasteiger charge is -1.99. The van der Waals surface area contributed by atoms with Gasteiger partial charge >= 0.3 is 5.91 Å². The molecular formula is C15H16ClN3O. The smallest absolute Gasteiger partial charge is 0.305 e. The van der Waals surface area contributed by atoms with Gasteiger partial charge in [0.25, 0.3) is 0 Å². The number of benzene rings is 1. The summed E-state index contributed by atoms with van der Waals surface area (Å²) in [7, 11) is 0. The Balaban J connectivity index is 0.00000200. The van der Waals surface area contributed by atoms with Crippen LogP contribution in [-0.2, 0) is 11.3 Å². The van der Waals surface area contributed by atoms with Crippen LogP contribution in [0.2, 0.25) is 0 Å². The highest BCUT2D eigenvalue weighted by Gasteiger charge is 2.06. The highest BCUT2D eigenvalue weighted by Crippen LogP contribution is 2.02. The van der Waals surface area contributed by atoms with E-state index in [2.05, 4.69) is 10.5 Å². The summed E-state index contributed by atoms with van der Waals surface area (Å²) < 4.78 is 1.79. The van der Waals surface area contributed by atoms with Gasteiger partial charge in [-0.2, -0.15) is 9.67 Å². The first-order chi connectivity index (χ1) is 9.25. The molecule has 0 aliphatic rings. The van der Waals surface area contributed by atoms with Crippen molar-refractivity contribution in [3.8, 4) is 0 Å². The van der Waals surface area contributed by atoms with Crippen molar-refractivity contribution in [2.24, 2.45) is 5.10 Å². The van der Waals surface area contributed by atoms with Crippen LogP contribution in [-0.4, -0.2) is 12.1 Å². The molecular weight excluding hydrogens is 274 g/mol. The highest BCUT2D eigenvalue weighted by atomic mass is 35.5. The Hall–Kier alpha value is -2.20. The predicted octanol–water partition coefficient (Wildman–Crippen LogP) is -1.56. The van der Waals surface area contributed by atoms with E-state index >= 15 is 0 Å². The molecule has 20 heavy (non-hydrogen) atoms. The second-order valence-corrected chi connectivity index (χ2v) is 4.20. The summed E-state index contributed by atoms with van der Waals surface area (Å²) in [6, 6.07) is 13.5. The number of aryl methyl sites for hydroxylation is 1. The fourth-order valence-corrected chi connectivity index (χ4v) is 1.65. The van der Waals surface area contributed by atoms with Gasteiger partial charge in [-0.25, -0.2) is 5.43 Å². The highest BCUT2D eigenvalue weighted by molar-refractivity contribution is 5.83. The van der Waals surface area contributed by atoms with Gasteiger partial charge in [-0.15, -0.1) is 0 Å². The third-order valence-corrected chi connectivity index (χ3v) is 2.68. The van der Waals surface area contributed by atoms with Gasteiger partial charge in [0, 0.05) is 12.1 Å². The number of carbonyl (C=O) groups is 1. The number of hydrazone groups is 1. The number of carbonyl (C=O) groups excluding carboxylic acids is 1. The van der Waals surface area contributed by atoms with Crippen molar-refractivity contribution in [3.05, 3.63) is 66.0 Å². The lowest BCUT2D eigenvalue weighted by Crippen LogP contribution is -3.00. The number of amides is 1. The molecule has 1 aromatic heterocycles. The molecule has 0 saturated heterocycles.